The van der Waals surface area contributed by atoms with E-state index in [1.54, 1.807) is 24.3 Å². The topological polar surface area (TPSA) is 104 Å². The molecule has 1 fully saturated rings. The fourth-order valence-electron chi connectivity index (χ4n) is 2.88. The molecule has 1 aliphatic rings. The van der Waals surface area contributed by atoms with Crippen LogP contribution in [0.1, 0.15) is 24.8 Å². The molecular formula is C19H20N2O5S. The molecule has 1 heterocycles. The summed E-state index contributed by atoms with van der Waals surface area (Å²) in [5.41, 5.74) is 1.39. The second-order valence-corrected chi connectivity index (χ2v) is 8.05. The number of nitrogens with zero attached hydrogens (tertiary/aromatic N) is 1. The van der Waals surface area contributed by atoms with E-state index < -0.39 is 10.0 Å². The third-order valence-corrected chi connectivity index (χ3v) is 5.80. The molecule has 0 saturated carbocycles. The predicted octanol–water partition coefficient (Wildman–Crippen LogP) is 1.96. The molecule has 2 amide bonds. The van der Waals surface area contributed by atoms with E-state index in [0.717, 1.165) is 10.5 Å². The van der Waals surface area contributed by atoms with Crippen LogP contribution in [-0.2, 0) is 26.0 Å². The number of nitrogens with one attached hydrogen (secondary N) is 1. The molecule has 7 nitrogen and oxygen atoms in total. The number of rotatable bonds is 7. The van der Waals surface area contributed by atoms with E-state index in [9.17, 15) is 23.1 Å². The number of phenols is 1. The highest BCUT2D eigenvalue weighted by Gasteiger charge is 2.30. The minimum atomic E-state index is -3.67. The Bertz CT molecular complexity index is 921. The number of hydrogen-bond donors (Lipinski definition) is 2. The van der Waals surface area contributed by atoms with Gasteiger partial charge in [0.25, 0.3) is 0 Å². The molecule has 1 saturated heterocycles. The van der Waals surface area contributed by atoms with Crippen molar-refractivity contribution in [3.63, 3.8) is 0 Å². The molecule has 2 N–H and O–H groups in total. The molecule has 8 heteroatoms. The van der Waals surface area contributed by atoms with Gasteiger partial charge in [-0.1, -0.05) is 12.1 Å². The third-order valence-electron chi connectivity index (χ3n) is 4.33. The van der Waals surface area contributed by atoms with Crippen molar-refractivity contribution < 1.29 is 23.1 Å². The molecule has 0 aliphatic carbocycles. The predicted molar refractivity (Wildman–Crippen MR) is 99.8 cm³/mol. The van der Waals surface area contributed by atoms with Crippen LogP contribution >= 0.6 is 0 Å². The fourth-order valence-corrected chi connectivity index (χ4v) is 3.96. The molecule has 2 aromatic rings. The summed E-state index contributed by atoms with van der Waals surface area (Å²) < 4.78 is 27.3. The molecule has 0 aromatic heterocycles. The quantitative estimate of drug-likeness (QED) is 0.557. The fraction of sp³-hybridized carbons (Fsp3) is 0.263. The lowest BCUT2D eigenvalue weighted by atomic mass is 10.1. The Morgan fingerprint density at radius 3 is 2.11 bits per heavy atom. The monoisotopic (exact) mass is 388 g/mol. The number of anilines is 1. The number of benzene rings is 2. The van der Waals surface area contributed by atoms with E-state index in [1.165, 1.54) is 24.3 Å². The van der Waals surface area contributed by atoms with Gasteiger partial charge in [0.2, 0.25) is 21.8 Å². The Balaban J connectivity index is 1.57. The average molecular weight is 388 g/mol. The van der Waals surface area contributed by atoms with Gasteiger partial charge in [0.05, 0.1) is 10.6 Å². The van der Waals surface area contributed by atoms with Crippen LogP contribution in [0.25, 0.3) is 0 Å². The molecule has 2 aromatic carbocycles. The molecule has 0 atom stereocenters. The second kappa shape index (κ2) is 7.89. The van der Waals surface area contributed by atoms with Gasteiger partial charge in [0.15, 0.2) is 0 Å². The van der Waals surface area contributed by atoms with E-state index in [4.69, 9.17) is 0 Å². The van der Waals surface area contributed by atoms with Gasteiger partial charge in [0, 0.05) is 19.4 Å². The van der Waals surface area contributed by atoms with Gasteiger partial charge in [0.1, 0.15) is 5.75 Å². The minimum Gasteiger partial charge on any atom is -0.508 e. The number of phenolic OH excluding ortho intramolecular Hbond substituents is 1. The summed E-state index contributed by atoms with van der Waals surface area (Å²) in [5, 5.41) is 9.25. The van der Waals surface area contributed by atoms with Crippen LogP contribution in [0, 0.1) is 0 Å². The average Bonchev–Trinajstić information content (AvgIpc) is 2.99. The van der Waals surface area contributed by atoms with Crippen LogP contribution in [0.5, 0.6) is 5.75 Å². The molecule has 0 radical (unpaired) electrons. The standard InChI is InChI=1S/C19H20N2O5S/c22-16-7-3-14(4-8-16)2-1-13-20-27(25,26)17-9-5-15(6-10-17)21-18(23)11-12-19(21)24/h3-10,20,22H,1-2,11-13H2. The van der Waals surface area contributed by atoms with Crippen molar-refractivity contribution in [2.24, 2.45) is 0 Å². The highest BCUT2D eigenvalue weighted by atomic mass is 32.2. The lowest BCUT2D eigenvalue weighted by molar-refractivity contribution is -0.121. The number of carbonyl (C=O) groups is 2. The highest BCUT2D eigenvalue weighted by Crippen LogP contribution is 2.24. The summed E-state index contributed by atoms with van der Waals surface area (Å²) in [6, 6.07) is 12.5. The first kappa shape index (κ1) is 19.1. The molecular weight excluding hydrogens is 368 g/mol. The Morgan fingerprint density at radius 2 is 1.52 bits per heavy atom. The van der Waals surface area contributed by atoms with Gasteiger partial charge in [-0.15, -0.1) is 0 Å². The minimum absolute atomic E-state index is 0.0787. The van der Waals surface area contributed by atoms with Crippen LogP contribution in [0.3, 0.4) is 0 Å². The number of amides is 2. The third kappa shape index (κ3) is 4.53. The summed E-state index contributed by atoms with van der Waals surface area (Å²) in [4.78, 5) is 24.6. The van der Waals surface area contributed by atoms with E-state index in [-0.39, 0.29) is 41.8 Å². The zero-order chi connectivity index (χ0) is 19.4. The summed E-state index contributed by atoms with van der Waals surface area (Å²) >= 11 is 0. The number of imide groups is 1. The van der Waals surface area contributed by atoms with E-state index >= 15 is 0 Å². The van der Waals surface area contributed by atoms with Crippen LogP contribution < -0.4 is 9.62 Å². The first-order valence-corrected chi connectivity index (χ1v) is 10.1. The van der Waals surface area contributed by atoms with Gasteiger partial charge in [-0.25, -0.2) is 13.1 Å². The zero-order valence-electron chi connectivity index (χ0n) is 14.6. The van der Waals surface area contributed by atoms with Crippen LogP contribution in [0.4, 0.5) is 5.69 Å². The Kier molecular flexibility index (Phi) is 5.57. The Hall–Kier alpha value is -2.71. The first-order chi connectivity index (χ1) is 12.9. The number of sulfonamides is 1. The lowest BCUT2D eigenvalue weighted by Gasteiger charge is -2.14. The summed E-state index contributed by atoms with van der Waals surface area (Å²) in [7, 11) is -3.67. The molecule has 3 rings (SSSR count). The number of carbonyl (C=O) groups excluding carboxylic acids is 2. The normalized spacial score (nSPS) is 14.7. The number of aromatic hydroxyl groups is 1. The Morgan fingerprint density at radius 1 is 0.926 bits per heavy atom. The second-order valence-electron chi connectivity index (χ2n) is 6.28. The van der Waals surface area contributed by atoms with Gasteiger partial charge in [-0.2, -0.15) is 0 Å². The Labute approximate surface area is 157 Å². The van der Waals surface area contributed by atoms with Crippen molar-refractivity contribution in [3.8, 4) is 5.75 Å². The van der Waals surface area contributed by atoms with Crippen molar-refractivity contribution in [2.45, 2.75) is 30.6 Å². The highest BCUT2D eigenvalue weighted by molar-refractivity contribution is 7.89. The van der Waals surface area contributed by atoms with Crippen LogP contribution in [-0.4, -0.2) is 31.9 Å². The largest absolute Gasteiger partial charge is 0.508 e. The number of aryl methyl sites for hydroxylation is 1. The summed E-state index contributed by atoms with van der Waals surface area (Å²) in [6.07, 6.45) is 1.66. The van der Waals surface area contributed by atoms with E-state index in [0.29, 0.717) is 18.5 Å². The van der Waals surface area contributed by atoms with E-state index in [1.807, 2.05) is 0 Å². The van der Waals surface area contributed by atoms with Crippen molar-refractivity contribution >= 4 is 27.5 Å². The SMILES string of the molecule is O=C1CCC(=O)N1c1ccc(S(=O)(=O)NCCCc2ccc(O)cc2)cc1. The van der Waals surface area contributed by atoms with Crippen LogP contribution in [0.2, 0.25) is 0 Å². The first-order valence-electron chi connectivity index (χ1n) is 8.60. The summed E-state index contributed by atoms with van der Waals surface area (Å²) in [5.74, 6) is -0.355. The van der Waals surface area contributed by atoms with Crippen LogP contribution in [0.15, 0.2) is 53.4 Å². The maximum Gasteiger partial charge on any atom is 0.240 e. The molecule has 142 valence electrons. The number of hydrogen-bond acceptors (Lipinski definition) is 5. The van der Waals surface area contributed by atoms with Gasteiger partial charge in [-0.3, -0.25) is 14.5 Å². The van der Waals surface area contributed by atoms with E-state index in [2.05, 4.69) is 4.72 Å². The maximum atomic E-state index is 12.4. The van der Waals surface area contributed by atoms with Crippen molar-refractivity contribution in [1.82, 2.24) is 4.72 Å². The molecule has 0 unspecified atom stereocenters. The smallest absolute Gasteiger partial charge is 0.240 e. The van der Waals surface area contributed by atoms with Gasteiger partial charge >= 0.3 is 0 Å². The lowest BCUT2D eigenvalue weighted by Crippen LogP contribution is -2.29. The maximum absolute atomic E-state index is 12.4. The summed E-state index contributed by atoms with van der Waals surface area (Å²) in [6.45, 7) is 0.272. The molecule has 0 bridgehead atoms. The molecule has 0 spiro atoms. The van der Waals surface area contributed by atoms with Gasteiger partial charge < -0.3 is 5.11 Å². The molecule has 1 aliphatic heterocycles. The zero-order valence-corrected chi connectivity index (χ0v) is 15.4. The van der Waals surface area contributed by atoms with Crippen molar-refractivity contribution in [3.05, 3.63) is 54.1 Å². The molecule has 27 heavy (non-hydrogen) atoms. The van der Waals surface area contributed by atoms with Crippen molar-refractivity contribution in [1.29, 1.82) is 0 Å². The van der Waals surface area contributed by atoms with Crippen molar-refractivity contribution in [2.75, 3.05) is 11.4 Å². The van der Waals surface area contributed by atoms with Gasteiger partial charge in [-0.05, 0) is 54.8 Å².